The lowest BCUT2D eigenvalue weighted by atomic mass is 10.1. The molecule has 0 saturated heterocycles. The Hall–Kier alpha value is -2.35. The number of amides is 2. The van der Waals surface area contributed by atoms with Gasteiger partial charge in [0, 0.05) is 10.6 Å². The van der Waals surface area contributed by atoms with Gasteiger partial charge in [0.15, 0.2) is 5.11 Å². The van der Waals surface area contributed by atoms with Gasteiger partial charge >= 0.3 is 0 Å². The van der Waals surface area contributed by atoms with Crippen molar-refractivity contribution in [2.24, 2.45) is 5.92 Å². The first-order chi connectivity index (χ1) is 13.8. The molecule has 2 aromatic rings. The molecule has 0 spiro atoms. The molecule has 29 heavy (non-hydrogen) atoms. The van der Waals surface area contributed by atoms with Gasteiger partial charge in [-0.15, -0.1) is 0 Å². The molecule has 0 aromatic heterocycles. The summed E-state index contributed by atoms with van der Waals surface area (Å²) < 4.78 is 5.62. The number of thiocarbonyl (C=S) groups is 1. The van der Waals surface area contributed by atoms with E-state index in [1.54, 1.807) is 24.3 Å². The molecular weight excluding hydrogens is 433 g/mol. The first-order valence-electron chi connectivity index (χ1n) is 8.86. The Bertz CT molecular complexity index is 889. The monoisotopic (exact) mass is 453 g/mol. The molecule has 0 aliphatic rings. The average Bonchev–Trinajstić information content (AvgIpc) is 2.66. The van der Waals surface area contributed by atoms with Crippen LogP contribution >= 0.6 is 35.4 Å². The summed E-state index contributed by atoms with van der Waals surface area (Å²) in [6.07, 6.45) is 0.955. The Kier molecular flexibility index (Phi) is 8.70. The first-order valence-corrected chi connectivity index (χ1v) is 10.0. The van der Waals surface area contributed by atoms with Crippen LogP contribution in [0.25, 0.3) is 0 Å². The molecule has 0 fully saturated rings. The Morgan fingerprint density at radius 2 is 1.72 bits per heavy atom. The second kappa shape index (κ2) is 11.0. The zero-order valence-corrected chi connectivity index (χ0v) is 18.3. The SMILES string of the molecule is CC(C)CCOc1ccc(C(=O)NNC(=S)NC(=O)c2ccc(Cl)cc2Cl)cc1. The molecule has 0 aliphatic carbocycles. The average molecular weight is 454 g/mol. The van der Waals surface area contributed by atoms with Gasteiger partial charge in [-0.3, -0.25) is 25.8 Å². The quantitative estimate of drug-likeness (QED) is 0.446. The van der Waals surface area contributed by atoms with E-state index in [4.69, 9.17) is 40.2 Å². The fraction of sp³-hybridized carbons (Fsp3) is 0.250. The van der Waals surface area contributed by atoms with Crippen molar-refractivity contribution in [2.75, 3.05) is 6.61 Å². The van der Waals surface area contributed by atoms with Crippen LogP contribution in [0.15, 0.2) is 42.5 Å². The number of benzene rings is 2. The first kappa shape index (κ1) is 22.9. The summed E-state index contributed by atoms with van der Waals surface area (Å²) in [5, 5.41) is 2.95. The van der Waals surface area contributed by atoms with E-state index in [1.165, 1.54) is 18.2 Å². The number of hydrogen-bond acceptors (Lipinski definition) is 4. The maximum Gasteiger partial charge on any atom is 0.269 e. The second-order valence-corrected chi connectivity index (χ2v) is 7.79. The topological polar surface area (TPSA) is 79.5 Å². The minimum absolute atomic E-state index is 0.0806. The molecule has 2 amide bonds. The van der Waals surface area contributed by atoms with Gasteiger partial charge in [0.05, 0.1) is 17.2 Å². The molecule has 9 heteroatoms. The molecular formula is C20H21Cl2N3O3S. The predicted molar refractivity (Wildman–Crippen MR) is 119 cm³/mol. The summed E-state index contributed by atoms with van der Waals surface area (Å²) >= 11 is 16.8. The van der Waals surface area contributed by atoms with Gasteiger partial charge in [-0.2, -0.15) is 0 Å². The van der Waals surface area contributed by atoms with Crippen LogP contribution in [0.4, 0.5) is 0 Å². The van der Waals surface area contributed by atoms with Crippen LogP contribution in [-0.4, -0.2) is 23.5 Å². The number of nitrogens with one attached hydrogen (secondary N) is 3. The molecule has 0 radical (unpaired) electrons. The molecule has 2 rings (SSSR count). The molecule has 0 bridgehead atoms. The maximum atomic E-state index is 12.2. The third-order valence-corrected chi connectivity index (χ3v) is 4.52. The van der Waals surface area contributed by atoms with Gasteiger partial charge in [-0.25, -0.2) is 0 Å². The zero-order valence-electron chi connectivity index (χ0n) is 15.9. The fourth-order valence-corrected chi connectivity index (χ4v) is 2.81. The highest BCUT2D eigenvalue weighted by Gasteiger charge is 2.13. The Morgan fingerprint density at radius 3 is 2.34 bits per heavy atom. The lowest BCUT2D eigenvalue weighted by molar-refractivity contribution is 0.0934. The van der Waals surface area contributed by atoms with Gasteiger partial charge in [0.25, 0.3) is 11.8 Å². The van der Waals surface area contributed by atoms with E-state index in [-0.39, 0.29) is 15.7 Å². The Morgan fingerprint density at radius 1 is 1.03 bits per heavy atom. The summed E-state index contributed by atoms with van der Waals surface area (Å²) in [5.74, 6) is 0.310. The third kappa shape index (κ3) is 7.53. The van der Waals surface area contributed by atoms with Crippen LogP contribution in [0.2, 0.25) is 10.0 Å². The van der Waals surface area contributed by atoms with Crippen LogP contribution in [0.5, 0.6) is 5.75 Å². The van der Waals surface area contributed by atoms with E-state index in [0.29, 0.717) is 28.9 Å². The lowest BCUT2D eigenvalue weighted by Crippen LogP contribution is -2.48. The summed E-state index contributed by atoms with van der Waals surface area (Å²) in [6, 6.07) is 11.2. The fourth-order valence-electron chi connectivity index (χ4n) is 2.18. The van der Waals surface area contributed by atoms with Crippen molar-refractivity contribution in [2.45, 2.75) is 20.3 Å². The zero-order chi connectivity index (χ0) is 21.4. The van der Waals surface area contributed by atoms with Crippen molar-refractivity contribution >= 4 is 52.3 Å². The standard InChI is InChI=1S/C20H21Cl2N3O3S/c1-12(2)9-10-28-15-6-3-13(4-7-15)18(26)24-25-20(29)23-19(27)16-8-5-14(21)11-17(16)22/h3-8,11-12H,9-10H2,1-2H3,(H,24,26)(H2,23,25,27,29). The molecule has 0 unspecified atom stereocenters. The van der Waals surface area contributed by atoms with Crippen molar-refractivity contribution in [1.29, 1.82) is 0 Å². The van der Waals surface area contributed by atoms with Crippen LogP contribution < -0.4 is 20.9 Å². The Balaban J connectivity index is 1.82. The molecule has 3 N–H and O–H groups in total. The van der Waals surface area contributed by atoms with E-state index < -0.39 is 11.8 Å². The number of rotatable bonds is 6. The highest BCUT2D eigenvalue weighted by molar-refractivity contribution is 7.80. The minimum atomic E-state index is -0.527. The highest BCUT2D eigenvalue weighted by atomic mass is 35.5. The smallest absolute Gasteiger partial charge is 0.269 e. The van der Waals surface area contributed by atoms with E-state index in [0.717, 1.165) is 6.42 Å². The van der Waals surface area contributed by atoms with Gasteiger partial charge in [-0.1, -0.05) is 37.0 Å². The summed E-state index contributed by atoms with van der Waals surface area (Å²) in [7, 11) is 0. The summed E-state index contributed by atoms with van der Waals surface area (Å²) in [6.45, 7) is 4.87. The number of carbonyl (C=O) groups is 2. The van der Waals surface area contributed by atoms with Gasteiger partial charge in [0.1, 0.15) is 5.75 Å². The van der Waals surface area contributed by atoms with Crippen molar-refractivity contribution in [3.05, 3.63) is 63.6 Å². The van der Waals surface area contributed by atoms with Crippen molar-refractivity contribution in [3.63, 3.8) is 0 Å². The molecule has 0 saturated carbocycles. The lowest BCUT2D eigenvalue weighted by Gasteiger charge is -2.12. The number of ether oxygens (including phenoxy) is 1. The Labute approximate surface area is 184 Å². The highest BCUT2D eigenvalue weighted by Crippen LogP contribution is 2.20. The number of halogens is 2. The molecule has 0 atom stereocenters. The van der Waals surface area contributed by atoms with Gasteiger partial charge in [-0.05, 0) is 67.0 Å². The van der Waals surface area contributed by atoms with E-state index in [1.807, 2.05) is 0 Å². The van der Waals surface area contributed by atoms with Crippen molar-refractivity contribution in [1.82, 2.24) is 16.2 Å². The molecule has 0 heterocycles. The van der Waals surface area contributed by atoms with Crippen molar-refractivity contribution in [3.8, 4) is 5.75 Å². The largest absolute Gasteiger partial charge is 0.494 e. The van der Waals surface area contributed by atoms with E-state index in [2.05, 4.69) is 30.0 Å². The predicted octanol–water partition coefficient (Wildman–Crippen LogP) is 4.37. The molecule has 2 aromatic carbocycles. The molecule has 0 aliphatic heterocycles. The van der Waals surface area contributed by atoms with Crippen LogP contribution in [0.3, 0.4) is 0 Å². The maximum absolute atomic E-state index is 12.2. The third-order valence-electron chi connectivity index (χ3n) is 3.77. The number of hydrazine groups is 1. The normalized spacial score (nSPS) is 10.4. The van der Waals surface area contributed by atoms with Gasteiger partial charge < -0.3 is 4.74 Å². The van der Waals surface area contributed by atoms with Gasteiger partial charge in [0.2, 0.25) is 0 Å². The second-order valence-electron chi connectivity index (χ2n) is 6.54. The summed E-state index contributed by atoms with van der Waals surface area (Å²) in [5.41, 5.74) is 5.50. The minimum Gasteiger partial charge on any atom is -0.494 e. The molecule has 6 nitrogen and oxygen atoms in total. The van der Waals surface area contributed by atoms with Crippen molar-refractivity contribution < 1.29 is 14.3 Å². The van der Waals surface area contributed by atoms with Crippen LogP contribution in [0, 0.1) is 5.92 Å². The number of hydrogen-bond donors (Lipinski definition) is 3. The van der Waals surface area contributed by atoms with Crippen LogP contribution in [-0.2, 0) is 0 Å². The van der Waals surface area contributed by atoms with E-state index in [9.17, 15) is 9.59 Å². The molecule has 154 valence electrons. The van der Waals surface area contributed by atoms with Crippen LogP contribution in [0.1, 0.15) is 41.0 Å². The van der Waals surface area contributed by atoms with E-state index >= 15 is 0 Å². The summed E-state index contributed by atoms with van der Waals surface area (Å²) in [4.78, 5) is 24.4. The number of carbonyl (C=O) groups excluding carboxylic acids is 2.